The monoisotopic (exact) mass is 375 g/mol. The van der Waals surface area contributed by atoms with Gasteiger partial charge in [0.05, 0.1) is 6.26 Å². The number of likely N-dealkylation sites (tertiary alicyclic amines) is 1. The first kappa shape index (κ1) is 16.4. The largest absolute Gasteiger partial charge is 0.338 e. The minimum atomic E-state index is -3.19. The van der Waals surface area contributed by atoms with Gasteiger partial charge in [0.15, 0.2) is 0 Å². The van der Waals surface area contributed by atoms with Crippen LogP contribution < -0.4 is 4.72 Å². The van der Waals surface area contributed by atoms with E-state index >= 15 is 0 Å². The van der Waals surface area contributed by atoms with Crippen LogP contribution in [0.25, 0.3) is 0 Å². The van der Waals surface area contributed by atoms with E-state index in [4.69, 9.17) is 0 Å². The maximum absolute atomic E-state index is 12.4. The summed E-state index contributed by atoms with van der Waals surface area (Å²) in [5.74, 6) is 0.116. The molecule has 1 aromatic heterocycles. The van der Waals surface area contributed by atoms with E-state index in [0.29, 0.717) is 29.8 Å². The molecule has 2 rings (SSSR count). The zero-order valence-electron chi connectivity index (χ0n) is 11.8. The van der Waals surface area contributed by atoms with Gasteiger partial charge in [0, 0.05) is 31.4 Å². The molecule has 1 aliphatic heterocycles. The molecule has 1 N–H and O–H groups in total. The van der Waals surface area contributed by atoms with E-state index in [0.717, 1.165) is 19.1 Å². The highest BCUT2D eigenvalue weighted by Gasteiger charge is 2.25. The Kier molecular flexibility index (Phi) is 5.34. The fourth-order valence-electron chi connectivity index (χ4n) is 2.40. The summed E-state index contributed by atoms with van der Waals surface area (Å²) in [6.45, 7) is 1.65. The van der Waals surface area contributed by atoms with E-state index in [-0.39, 0.29) is 11.8 Å². The maximum Gasteiger partial charge on any atom is 0.254 e. The Morgan fingerprint density at radius 2 is 2.33 bits per heavy atom. The fourth-order valence-corrected chi connectivity index (χ4v) is 3.31. The average molecular weight is 376 g/mol. The summed E-state index contributed by atoms with van der Waals surface area (Å²) in [6, 6.07) is 3.38. The molecule has 2 heterocycles. The number of nitrogens with one attached hydrogen (secondary N) is 1. The maximum atomic E-state index is 12.4. The molecule has 1 amide bonds. The van der Waals surface area contributed by atoms with Crippen LogP contribution in [0.15, 0.2) is 22.9 Å². The number of pyridine rings is 1. The molecular formula is C13H18BrN3O3S. The third-order valence-corrected chi connectivity index (χ3v) is 4.54. The summed E-state index contributed by atoms with van der Waals surface area (Å²) in [4.78, 5) is 18.2. The van der Waals surface area contributed by atoms with Crippen molar-refractivity contribution < 1.29 is 13.2 Å². The summed E-state index contributed by atoms with van der Waals surface area (Å²) in [7, 11) is -3.19. The Morgan fingerprint density at radius 1 is 1.57 bits per heavy atom. The number of nitrogens with zero attached hydrogens (tertiary/aromatic N) is 2. The SMILES string of the molecule is CS(=O)(=O)NCC1CCCN(C(=O)c2ccnc(Br)c2)C1. The molecule has 1 unspecified atom stereocenters. The number of carbonyl (C=O) groups is 1. The Labute approximate surface area is 133 Å². The van der Waals surface area contributed by atoms with Crippen LogP contribution in [0.3, 0.4) is 0 Å². The van der Waals surface area contributed by atoms with Gasteiger partial charge in [0.2, 0.25) is 10.0 Å². The average Bonchev–Trinajstić information content (AvgIpc) is 2.44. The van der Waals surface area contributed by atoms with Crippen molar-refractivity contribution in [3.8, 4) is 0 Å². The molecule has 0 saturated carbocycles. The summed E-state index contributed by atoms with van der Waals surface area (Å²) < 4.78 is 25.4. The van der Waals surface area contributed by atoms with E-state index in [2.05, 4.69) is 25.6 Å². The van der Waals surface area contributed by atoms with Gasteiger partial charge in [-0.3, -0.25) is 4.79 Å². The van der Waals surface area contributed by atoms with Crippen LogP contribution >= 0.6 is 15.9 Å². The molecule has 0 aliphatic carbocycles. The Bertz CT molecular complexity index is 621. The number of hydrogen-bond acceptors (Lipinski definition) is 4. The number of carbonyl (C=O) groups excluding carboxylic acids is 1. The smallest absolute Gasteiger partial charge is 0.254 e. The first-order valence-corrected chi connectivity index (χ1v) is 9.39. The van der Waals surface area contributed by atoms with E-state index in [1.165, 1.54) is 0 Å². The fraction of sp³-hybridized carbons (Fsp3) is 0.538. The molecular weight excluding hydrogens is 358 g/mol. The lowest BCUT2D eigenvalue weighted by Gasteiger charge is -2.32. The first-order chi connectivity index (χ1) is 9.85. The van der Waals surface area contributed by atoms with Gasteiger partial charge in [-0.25, -0.2) is 18.1 Å². The molecule has 116 valence electrons. The van der Waals surface area contributed by atoms with Crippen LogP contribution in [0, 0.1) is 5.92 Å². The Morgan fingerprint density at radius 3 is 3.00 bits per heavy atom. The normalized spacial score (nSPS) is 19.5. The number of aromatic nitrogens is 1. The van der Waals surface area contributed by atoms with Crippen LogP contribution in [-0.2, 0) is 10.0 Å². The van der Waals surface area contributed by atoms with Gasteiger partial charge in [-0.05, 0) is 46.8 Å². The third kappa shape index (κ3) is 5.05. The highest BCUT2D eigenvalue weighted by molar-refractivity contribution is 9.10. The topological polar surface area (TPSA) is 79.4 Å². The molecule has 0 spiro atoms. The van der Waals surface area contributed by atoms with Crippen molar-refractivity contribution >= 4 is 31.9 Å². The zero-order valence-corrected chi connectivity index (χ0v) is 14.2. The van der Waals surface area contributed by atoms with Crippen LogP contribution in [0.5, 0.6) is 0 Å². The van der Waals surface area contributed by atoms with Gasteiger partial charge in [-0.2, -0.15) is 0 Å². The third-order valence-electron chi connectivity index (χ3n) is 3.41. The van der Waals surface area contributed by atoms with Crippen molar-refractivity contribution in [2.75, 3.05) is 25.9 Å². The molecule has 1 aromatic rings. The van der Waals surface area contributed by atoms with Gasteiger partial charge < -0.3 is 4.90 Å². The molecule has 6 nitrogen and oxygen atoms in total. The van der Waals surface area contributed by atoms with E-state index in [9.17, 15) is 13.2 Å². The molecule has 8 heteroatoms. The van der Waals surface area contributed by atoms with Crippen molar-refractivity contribution in [1.29, 1.82) is 0 Å². The number of hydrogen-bond donors (Lipinski definition) is 1. The van der Waals surface area contributed by atoms with Crippen LogP contribution in [0.1, 0.15) is 23.2 Å². The molecule has 1 saturated heterocycles. The first-order valence-electron chi connectivity index (χ1n) is 6.70. The minimum Gasteiger partial charge on any atom is -0.338 e. The van der Waals surface area contributed by atoms with Crippen molar-refractivity contribution in [3.63, 3.8) is 0 Å². The van der Waals surface area contributed by atoms with E-state index in [1.807, 2.05) is 0 Å². The molecule has 1 atom stereocenters. The summed E-state index contributed by atoms with van der Waals surface area (Å²) >= 11 is 3.25. The van der Waals surface area contributed by atoms with Gasteiger partial charge in [0.25, 0.3) is 5.91 Å². The minimum absolute atomic E-state index is 0.0397. The predicted octanol–water partition coefficient (Wildman–Crippen LogP) is 1.25. The predicted molar refractivity (Wildman–Crippen MR) is 83.4 cm³/mol. The number of piperidine rings is 1. The van der Waals surface area contributed by atoms with Crippen LogP contribution in [0.2, 0.25) is 0 Å². The summed E-state index contributed by atoms with van der Waals surface area (Å²) in [5.41, 5.74) is 0.591. The molecule has 21 heavy (non-hydrogen) atoms. The standard InChI is InChI=1S/C13H18BrN3O3S/c1-21(19,20)16-8-10-3-2-6-17(9-10)13(18)11-4-5-15-12(14)7-11/h4-5,7,10,16H,2-3,6,8-9H2,1H3. The van der Waals surface area contributed by atoms with Gasteiger partial charge >= 0.3 is 0 Å². The van der Waals surface area contributed by atoms with Crippen LogP contribution in [0.4, 0.5) is 0 Å². The van der Waals surface area contributed by atoms with Crippen molar-refractivity contribution in [1.82, 2.24) is 14.6 Å². The molecule has 1 fully saturated rings. The number of sulfonamides is 1. The van der Waals surface area contributed by atoms with Gasteiger partial charge in [0.1, 0.15) is 4.60 Å². The quantitative estimate of drug-likeness (QED) is 0.803. The lowest BCUT2D eigenvalue weighted by atomic mass is 9.98. The zero-order chi connectivity index (χ0) is 15.5. The molecule has 1 aliphatic rings. The van der Waals surface area contributed by atoms with E-state index < -0.39 is 10.0 Å². The number of halogens is 1. The second-order valence-corrected chi connectivity index (χ2v) is 7.89. The van der Waals surface area contributed by atoms with E-state index in [1.54, 1.807) is 23.2 Å². The lowest BCUT2D eigenvalue weighted by molar-refractivity contribution is 0.0676. The van der Waals surface area contributed by atoms with Gasteiger partial charge in [-0.15, -0.1) is 0 Å². The lowest BCUT2D eigenvalue weighted by Crippen LogP contribution is -2.43. The van der Waals surface area contributed by atoms with Crippen molar-refractivity contribution in [3.05, 3.63) is 28.5 Å². The second-order valence-electron chi connectivity index (χ2n) is 5.25. The molecule has 0 radical (unpaired) electrons. The number of rotatable bonds is 4. The summed E-state index contributed by atoms with van der Waals surface area (Å²) in [6.07, 6.45) is 4.54. The highest BCUT2D eigenvalue weighted by atomic mass is 79.9. The van der Waals surface area contributed by atoms with Crippen molar-refractivity contribution in [2.45, 2.75) is 12.8 Å². The molecule has 0 bridgehead atoms. The second kappa shape index (κ2) is 6.85. The van der Waals surface area contributed by atoms with Gasteiger partial charge in [-0.1, -0.05) is 0 Å². The Balaban J connectivity index is 1.99. The Hall–Kier alpha value is -0.990. The number of amides is 1. The highest BCUT2D eigenvalue weighted by Crippen LogP contribution is 2.19. The summed E-state index contributed by atoms with van der Waals surface area (Å²) in [5, 5.41) is 0. The van der Waals surface area contributed by atoms with Crippen LogP contribution in [-0.4, -0.2) is 50.1 Å². The van der Waals surface area contributed by atoms with Crippen molar-refractivity contribution in [2.24, 2.45) is 5.92 Å². The molecule has 0 aromatic carbocycles.